The van der Waals surface area contributed by atoms with Gasteiger partial charge in [-0.1, -0.05) is 13.3 Å². The van der Waals surface area contributed by atoms with Gasteiger partial charge in [-0.2, -0.15) is 5.10 Å². The van der Waals surface area contributed by atoms with Gasteiger partial charge in [0.1, 0.15) is 0 Å². The van der Waals surface area contributed by atoms with Crippen LogP contribution in [0, 0.1) is 5.92 Å². The van der Waals surface area contributed by atoms with Gasteiger partial charge >= 0.3 is 0 Å². The maximum atomic E-state index is 5.77. The second-order valence-corrected chi connectivity index (χ2v) is 5.28. The molecule has 18 heavy (non-hydrogen) atoms. The van der Waals surface area contributed by atoms with E-state index in [1.807, 2.05) is 6.07 Å². The maximum Gasteiger partial charge on any atom is 0.155 e. The second kappa shape index (κ2) is 6.14. The Morgan fingerprint density at radius 3 is 2.67 bits per heavy atom. The molecule has 1 fully saturated rings. The van der Waals surface area contributed by atoms with E-state index in [-0.39, 0.29) is 0 Å². The van der Waals surface area contributed by atoms with Gasteiger partial charge < -0.3 is 10.6 Å². The van der Waals surface area contributed by atoms with E-state index in [9.17, 15) is 0 Å². The van der Waals surface area contributed by atoms with Gasteiger partial charge in [0, 0.05) is 25.2 Å². The van der Waals surface area contributed by atoms with Crippen molar-refractivity contribution in [3.63, 3.8) is 0 Å². The second-order valence-electron chi connectivity index (χ2n) is 5.28. The Hall–Kier alpha value is -1.16. The minimum absolute atomic E-state index is 0.527. The van der Waals surface area contributed by atoms with Gasteiger partial charge in [-0.3, -0.25) is 0 Å². The molecular weight excluding hydrogens is 224 g/mol. The fourth-order valence-electron chi connectivity index (χ4n) is 2.92. The molecule has 0 saturated heterocycles. The number of nitrogens with two attached hydrogens (primary N) is 1. The van der Waals surface area contributed by atoms with Gasteiger partial charge in [-0.25, -0.2) is 0 Å². The molecule has 0 atom stereocenters. The van der Waals surface area contributed by atoms with Crippen LogP contribution in [0.1, 0.15) is 44.6 Å². The molecule has 1 aliphatic carbocycles. The van der Waals surface area contributed by atoms with Gasteiger partial charge in [0.05, 0.1) is 6.20 Å². The van der Waals surface area contributed by atoms with E-state index in [2.05, 4.69) is 29.1 Å². The highest BCUT2D eigenvalue weighted by Gasteiger charge is 2.24. The van der Waals surface area contributed by atoms with Crippen molar-refractivity contribution < 1.29 is 0 Å². The van der Waals surface area contributed by atoms with Crippen LogP contribution in [0.25, 0.3) is 0 Å². The van der Waals surface area contributed by atoms with E-state index in [0.717, 1.165) is 17.3 Å². The highest BCUT2D eigenvalue weighted by atomic mass is 15.3. The molecule has 0 bridgehead atoms. The van der Waals surface area contributed by atoms with Gasteiger partial charge in [0.25, 0.3) is 0 Å². The lowest BCUT2D eigenvalue weighted by atomic mass is 9.84. The number of hydrogen-bond donors (Lipinski definition) is 1. The summed E-state index contributed by atoms with van der Waals surface area (Å²) in [5.74, 6) is 1.88. The molecule has 0 radical (unpaired) electrons. The highest BCUT2D eigenvalue weighted by Crippen LogP contribution is 2.31. The zero-order valence-corrected chi connectivity index (χ0v) is 11.5. The fourth-order valence-corrected chi connectivity index (χ4v) is 2.92. The van der Waals surface area contributed by atoms with Crippen LogP contribution in [0.5, 0.6) is 0 Å². The Morgan fingerprint density at radius 1 is 1.33 bits per heavy atom. The third kappa shape index (κ3) is 2.80. The normalized spacial score (nSPS) is 23.9. The average Bonchev–Trinajstić information content (AvgIpc) is 2.46. The van der Waals surface area contributed by atoms with E-state index in [4.69, 9.17) is 5.73 Å². The minimum Gasteiger partial charge on any atom is -0.355 e. The van der Waals surface area contributed by atoms with Crippen LogP contribution in [0.15, 0.2) is 12.3 Å². The molecule has 4 nitrogen and oxygen atoms in total. The van der Waals surface area contributed by atoms with Crippen molar-refractivity contribution in [2.75, 3.05) is 11.9 Å². The Bertz CT molecular complexity index is 372. The van der Waals surface area contributed by atoms with Gasteiger partial charge in [-0.05, 0) is 37.7 Å². The molecule has 1 aromatic rings. The van der Waals surface area contributed by atoms with Crippen LogP contribution >= 0.6 is 0 Å². The Kier molecular flexibility index (Phi) is 4.53. The molecule has 4 heteroatoms. The standard InChI is InChI=1S/C14H24N4/c1-3-11-4-6-13(7-5-11)18(2)14-12(10-15)8-9-16-17-14/h8-9,11,13H,3-7,10,15H2,1-2H3. The third-order valence-corrected chi connectivity index (χ3v) is 4.28. The molecule has 1 aliphatic rings. The van der Waals surface area contributed by atoms with E-state index in [1.165, 1.54) is 32.1 Å². The summed E-state index contributed by atoms with van der Waals surface area (Å²) in [7, 11) is 2.13. The molecule has 1 heterocycles. The molecule has 0 spiro atoms. The molecular formula is C14H24N4. The summed E-state index contributed by atoms with van der Waals surface area (Å²) in [5.41, 5.74) is 6.86. The molecule has 0 amide bonds. The zero-order valence-electron chi connectivity index (χ0n) is 11.5. The quantitative estimate of drug-likeness (QED) is 0.888. The fraction of sp³-hybridized carbons (Fsp3) is 0.714. The number of rotatable bonds is 4. The summed E-state index contributed by atoms with van der Waals surface area (Å²) in [6.45, 7) is 2.82. The van der Waals surface area contributed by atoms with Crippen LogP contribution in [-0.2, 0) is 6.54 Å². The molecule has 2 N–H and O–H groups in total. The molecule has 2 rings (SSSR count). The molecule has 1 saturated carbocycles. The summed E-state index contributed by atoms with van der Waals surface area (Å²) in [6.07, 6.45) is 8.22. The lowest BCUT2D eigenvalue weighted by Crippen LogP contribution is -2.36. The first kappa shape index (κ1) is 13.3. The Labute approximate surface area is 110 Å². The molecule has 100 valence electrons. The van der Waals surface area contributed by atoms with Gasteiger partial charge in [0.2, 0.25) is 0 Å². The van der Waals surface area contributed by atoms with Crippen molar-refractivity contribution in [2.24, 2.45) is 11.7 Å². The van der Waals surface area contributed by atoms with Crippen LogP contribution in [0.2, 0.25) is 0 Å². The molecule has 1 aromatic heterocycles. The van der Waals surface area contributed by atoms with Crippen LogP contribution in [0.3, 0.4) is 0 Å². The summed E-state index contributed by atoms with van der Waals surface area (Å²) in [5, 5.41) is 8.25. The van der Waals surface area contributed by atoms with Crippen molar-refractivity contribution in [1.82, 2.24) is 10.2 Å². The lowest BCUT2D eigenvalue weighted by Gasteiger charge is -2.35. The monoisotopic (exact) mass is 248 g/mol. The Balaban J connectivity index is 2.05. The largest absolute Gasteiger partial charge is 0.355 e. The molecule has 0 aliphatic heterocycles. The molecule has 0 aromatic carbocycles. The summed E-state index contributed by atoms with van der Waals surface area (Å²) < 4.78 is 0. The first-order valence-corrected chi connectivity index (χ1v) is 6.99. The van der Waals surface area contributed by atoms with Crippen molar-refractivity contribution in [3.8, 4) is 0 Å². The van der Waals surface area contributed by atoms with Crippen LogP contribution < -0.4 is 10.6 Å². The smallest absolute Gasteiger partial charge is 0.155 e. The topological polar surface area (TPSA) is 55.0 Å². The van der Waals surface area contributed by atoms with Crippen molar-refractivity contribution in [3.05, 3.63) is 17.8 Å². The first-order valence-electron chi connectivity index (χ1n) is 6.99. The van der Waals surface area contributed by atoms with Crippen molar-refractivity contribution >= 4 is 5.82 Å². The first-order chi connectivity index (χ1) is 8.76. The summed E-state index contributed by atoms with van der Waals surface area (Å²) >= 11 is 0. The number of aromatic nitrogens is 2. The summed E-state index contributed by atoms with van der Waals surface area (Å²) in [4.78, 5) is 2.28. The predicted octanol–water partition coefficient (Wildman–Crippen LogP) is 2.34. The van der Waals surface area contributed by atoms with Crippen molar-refractivity contribution in [2.45, 2.75) is 51.6 Å². The minimum atomic E-state index is 0.527. The number of anilines is 1. The lowest BCUT2D eigenvalue weighted by molar-refractivity contribution is 0.312. The van der Waals surface area contributed by atoms with E-state index < -0.39 is 0 Å². The number of nitrogens with zero attached hydrogens (tertiary/aromatic N) is 3. The predicted molar refractivity (Wildman–Crippen MR) is 74.4 cm³/mol. The average molecular weight is 248 g/mol. The Morgan fingerprint density at radius 2 is 2.06 bits per heavy atom. The maximum absolute atomic E-state index is 5.77. The van der Waals surface area contributed by atoms with Gasteiger partial charge in [0.15, 0.2) is 5.82 Å². The SMILES string of the molecule is CCC1CCC(N(C)c2nnccc2CN)CC1. The summed E-state index contributed by atoms with van der Waals surface area (Å²) in [6, 6.07) is 2.56. The third-order valence-electron chi connectivity index (χ3n) is 4.28. The zero-order chi connectivity index (χ0) is 13.0. The van der Waals surface area contributed by atoms with Gasteiger partial charge in [-0.15, -0.1) is 5.10 Å². The number of hydrogen-bond acceptors (Lipinski definition) is 4. The van der Waals surface area contributed by atoms with Crippen LogP contribution in [0.4, 0.5) is 5.82 Å². The van der Waals surface area contributed by atoms with E-state index >= 15 is 0 Å². The molecule has 0 unspecified atom stereocenters. The highest BCUT2D eigenvalue weighted by molar-refractivity contribution is 5.45. The van der Waals surface area contributed by atoms with Crippen molar-refractivity contribution in [1.29, 1.82) is 0 Å². The van der Waals surface area contributed by atoms with E-state index in [1.54, 1.807) is 6.20 Å². The van der Waals surface area contributed by atoms with Crippen LogP contribution in [-0.4, -0.2) is 23.3 Å². The van der Waals surface area contributed by atoms with E-state index in [0.29, 0.717) is 12.6 Å².